The zero-order valence-corrected chi connectivity index (χ0v) is 12.7. The summed E-state index contributed by atoms with van der Waals surface area (Å²) in [5.41, 5.74) is 0.573. The van der Waals surface area contributed by atoms with E-state index in [4.69, 9.17) is 9.47 Å². The van der Waals surface area contributed by atoms with Gasteiger partial charge in [-0.3, -0.25) is 4.79 Å². The highest BCUT2D eigenvalue weighted by Gasteiger charge is 2.11. The van der Waals surface area contributed by atoms with Crippen molar-refractivity contribution in [2.24, 2.45) is 0 Å². The van der Waals surface area contributed by atoms with Crippen molar-refractivity contribution in [1.29, 1.82) is 0 Å². The maximum Gasteiger partial charge on any atom is 0.335 e. The molecule has 0 aliphatic rings. The monoisotopic (exact) mass is 295 g/mol. The summed E-state index contributed by atoms with van der Waals surface area (Å²) in [5, 5.41) is 4.04. The predicted molar refractivity (Wildman–Crippen MR) is 79.4 cm³/mol. The minimum Gasteiger partial charge on any atom is -0.463 e. The molecule has 0 saturated heterocycles. The number of methoxy groups -OCH3 is 1. The van der Waals surface area contributed by atoms with E-state index in [1.807, 2.05) is 11.9 Å². The lowest BCUT2D eigenvalue weighted by Crippen LogP contribution is -2.28. The molecule has 0 atom stereocenters. The highest BCUT2D eigenvalue weighted by molar-refractivity contribution is 5.87. The molecule has 0 saturated carbocycles. The van der Waals surface area contributed by atoms with Gasteiger partial charge in [0.15, 0.2) is 0 Å². The van der Waals surface area contributed by atoms with Gasteiger partial charge in [-0.2, -0.15) is 5.10 Å². The second kappa shape index (κ2) is 8.21. The Balaban J connectivity index is 2.77. The smallest absolute Gasteiger partial charge is 0.335 e. The molecule has 0 bridgehead atoms. The third kappa shape index (κ3) is 5.03. The number of rotatable bonds is 8. The largest absolute Gasteiger partial charge is 0.463 e. The van der Waals surface area contributed by atoms with E-state index >= 15 is 0 Å². The Morgan fingerprint density at radius 2 is 2.24 bits per heavy atom. The molecule has 7 heteroatoms. The third-order valence-corrected chi connectivity index (χ3v) is 2.83. The summed E-state index contributed by atoms with van der Waals surface area (Å²) in [6, 6.07) is 1.46. The molecule has 1 aromatic heterocycles. The summed E-state index contributed by atoms with van der Waals surface area (Å²) in [4.78, 5) is 25.3. The Labute approximate surface area is 123 Å². The molecular weight excluding hydrogens is 274 g/mol. The van der Waals surface area contributed by atoms with Gasteiger partial charge >= 0.3 is 5.97 Å². The van der Waals surface area contributed by atoms with Crippen LogP contribution in [0.15, 0.2) is 29.2 Å². The van der Waals surface area contributed by atoms with Crippen molar-refractivity contribution in [3.8, 4) is 0 Å². The minimum absolute atomic E-state index is 0.0136. The molecular formula is C14H21N3O4. The van der Waals surface area contributed by atoms with Gasteiger partial charge in [0, 0.05) is 26.8 Å². The first-order chi connectivity index (χ1) is 9.99. The van der Waals surface area contributed by atoms with Crippen molar-refractivity contribution in [1.82, 2.24) is 9.78 Å². The number of hydrogen-bond acceptors (Lipinski definition) is 6. The number of nitrogens with zero attached hydrogens (tertiary/aromatic N) is 3. The molecule has 0 aliphatic heterocycles. The molecule has 21 heavy (non-hydrogen) atoms. The molecule has 1 aromatic rings. The van der Waals surface area contributed by atoms with Gasteiger partial charge in [-0.05, 0) is 6.92 Å². The van der Waals surface area contributed by atoms with Gasteiger partial charge in [0.2, 0.25) is 0 Å². The van der Waals surface area contributed by atoms with E-state index in [1.165, 1.54) is 10.7 Å². The summed E-state index contributed by atoms with van der Waals surface area (Å²) in [7, 11) is 3.46. The molecule has 0 amide bonds. The van der Waals surface area contributed by atoms with Crippen LogP contribution in [0.25, 0.3) is 0 Å². The number of aromatic nitrogens is 2. The van der Waals surface area contributed by atoms with E-state index in [-0.39, 0.29) is 24.3 Å². The van der Waals surface area contributed by atoms with Crippen molar-refractivity contribution >= 4 is 11.7 Å². The number of carbonyl (C=O) groups is 1. The standard InChI is InChI=1S/C14H21N3O4/c1-5-21-14(19)11(2)10-17-13(18)8-12(9-15-17)16(3)6-7-20-4/h8-9H,2,5-7,10H2,1,3-4H3. The van der Waals surface area contributed by atoms with Gasteiger partial charge in [0.05, 0.1) is 37.2 Å². The van der Waals surface area contributed by atoms with Crippen molar-refractivity contribution in [3.05, 3.63) is 34.8 Å². The highest BCUT2D eigenvalue weighted by atomic mass is 16.5. The van der Waals surface area contributed by atoms with Gasteiger partial charge < -0.3 is 14.4 Å². The molecule has 0 aliphatic carbocycles. The molecule has 0 spiro atoms. The lowest BCUT2D eigenvalue weighted by molar-refractivity contribution is -0.138. The summed E-state index contributed by atoms with van der Waals surface area (Å²) < 4.78 is 11.0. The number of carbonyl (C=O) groups excluding carboxylic acids is 1. The van der Waals surface area contributed by atoms with E-state index in [1.54, 1.807) is 20.2 Å². The Morgan fingerprint density at radius 1 is 1.52 bits per heavy atom. The summed E-state index contributed by atoms with van der Waals surface area (Å²) >= 11 is 0. The van der Waals surface area contributed by atoms with E-state index in [9.17, 15) is 9.59 Å². The number of anilines is 1. The molecule has 7 nitrogen and oxygen atoms in total. The van der Waals surface area contributed by atoms with Crippen LogP contribution in [0.2, 0.25) is 0 Å². The lowest BCUT2D eigenvalue weighted by atomic mass is 10.3. The van der Waals surface area contributed by atoms with Crippen LogP contribution >= 0.6 is 0 Å². The predicted octanol–water partition coefficient (Wildman–Crippen LogP) is 0.445. The third-order valence-electron chi connectivity index (χ3n) is 2.83. The summed E-state index contributed by atoms with van der Waals surface area (Å²) in [6.45, 7) is 6.80. The van der Waals surface area contributed by atoms with E-state index in [0.29, 0.717) is 18.8 Å². The normalized spacial score (nSPS) is 10.2. The quantitative estimate of drug-likeness (QED) is 0.512. The van der Waals surface area contributed by atoms with Crippen LogP contribution in [-0.2, 0) is 20.8 Å². The van der Waals surface area contributed by atoms with Crippen LogP contribution in [0.5, 0.6) is 0 Å². The van der Waals surface area contributed by atoms with E-state index in [0.717, 1.165) is 0 Å². The first-order valence-corrected chi connectivity index (χ1v) is 6.61. The molecule has 116 valence electrons. The second-order valence-electron chi connectivity index (χ2n) is 4.45. The number of ether oxygens (including phenoxy) is 2. The van der Waals surface area contributed by atoms with Crippen LogP contribution in [0, 0.1) is 0 Å². The van der Waals surface area contributed by atoms with Crippen molar-refractivity contribution < 1.29 is 14.3 Å². The Bertz CT molecular complexity index is 553. The zero-order chi connectivity index (χ0) is 15.8. The molecule has 1 rings (SSSR count). The van der Waals surface area contributed by atoms with Crippen LogP contribution in [0.4, 0.5) is 5.69 Å². The van der Waals surface area contributed by atoms with Gasteiger partial charge in [-0.15, -0.1) is 0 Å². The van der Waals surface area contributed by atoms with Crippen LogP contribution in [0.3, 0.4) is 0 Å². The van der Waals surface area contributed by atoms with Crippen molar-refractivity contribution in [3.63, 3.8) is 0 Å². The highest BCUT2D eigenvalue weighted by Crippen LogP contribution is 2.07. The van der Waals surface area contributed by atoms with Crippen molar-refractivity contribution in [2.45, 2.75) is 13.5 Å². The van der Waals surface area contributed by atoms with Crippen LogP contribution in [-0.4, -0.2) is 49.7 Å². The maximum atomic E-state index is 12.0. The fraction of sp³-hybridized carbons (Fsp3) is 0.500. The fourth-order valence-corrected chi connectivity index (χ4v) is 1.59. The first kappa shape index (κ1) is 16.9. The Morgan fingerprint density at radius 3 is 2.81 bits per heavy atom. The van der Waals surface area contributed by atoms with Gasteiger partial charge in [0.1, 0.15) is 0 Å². The lowest BCUT2D eigenvalue weighted by Gasteiger charge is -2.18. The minimum atomic E-state index is -0.521. The van der Waals surface area contributed by atoms with Gasteiger partial charge in [0.25, 0.3) is 5.56 Å². The maximum absolute atomic E-state index is 12.0. The number of esters is 1. The number of hydrogen-bond donors (Lipinski definition) is 0. The summed E-state index contributed by atoms with van der Waals surface area (Å²) in [5.74, 6) is -0.521. The summed E-state index contributed by atoms with van der Waals surface area (Å²) in [6.07, 6.45) is 1.56. The molecule has 0 aromatic carbocycles. The van der Waals surface area contributed by atoms with E-state index < -0.39 is 5.97 Å². The second-order valence-corrected chi connectivity index (χ2v) is 4.45. The topological polar surface area (TPSA) is 73.7 Å². The average Bonchev–Trinajstić information content (AvgIpc) is 2.46. The van der Waals surface area contributed by atoms with E-state index in [2.05, 4.69) is 11.7 Å². The molecule has 0 radical (unpaired) electrons. The zero-order valence-electron chi connectivity index (χ0n) is 12.7. The molecule has 0 unspecified atom stereocenters. The SMILES string of the molecule is C=C(Cn1ncc(N(C)CCOC)cc1=O)C(=O)OCC. The molecule has 1 heterocycles. The number of likely N-dealkylation sites (N-methyl/N-ethyl adjacent to an activating group) is 1. The fourth-order valence-electron chi connectivity index (χ4n) is 1.59. The molecule has 0 N–H and O–H groups in total. The first-order valence-electron chi connectivity index (χ1n) is 6.61. The Hall–Kier alpha value is -2.15. The Kier molecular flexibility index (Phi) is 6.61. The van der Waals surface area contributed by atoms with Gasteiger partial charge in [-0.25, -0.2) is 9.48 Å². The van der Waals surface area contributed by atoms with Crippen LogP contribution < -0.4 is 10.5 Å². The van der Waals surface area contributed by atoms with Crippen LogP contribution in [0.1, 0.15) is 6.92 Å². The molecule has 0 fully saturated rings. The van der Waals surface area contributed by atoms with Gasteiger partial charge in [-0.1, -0.05) is 6.58 Å². The van der Waals surface area contributed by atoms with Crippen molar-refractivity contribution in [2.75, 3.05) is 38.8 Å². The average molecular weight is 295 g/mol.